The zero-order valence-electron chi connectivity index (χ0n) is 29.5. The SMILES string of the molecule is CC1(C)c2ccccc2-c2cc3c(cc21)-c1ccc(-c2ccc(-c4nc(-c5ccccc5)c5c(n4)sc4ccccc45)cc2)cc1C31CCCCC1. The molecule has 1 spiro atoms. The van der Waals surface area contributed by atoms with Crippen LogP contribution in [0, 0.1) is 0 Å². The van der Waals surface area contributed by atoms with Crippen LogP contribution in [0.5, 0.6) is 0 Å². The summed E-state index contributed by atoms with van der Waals surface area (Å²) in [7, 11) is 0. The second kappa shape index (κ2) is 11.1. The maximum Gasteiger partial charge on any atom is 0.161 e. The molecule has 0 unspecified atom stereocenters. The molecule has 0 N–H and O–H groups in total. The molecule has 0 atom stereocenters. The summed E-state index contributed by atoms with van der Waals surface area (Å²) in [5.41, 5.74) is 17.5. The zero-order chi connectivity index (χ0) is 34.6. The largest absolute Gasteiger partial charge is 0.227 e. The Hall–Kier alpha value is -5.38. The van der Waals surface area contributed by atoms with Gasteiger partial charge in [-0.05, 0) is 92.7 Å². The van der Waals surface area contributed by atoms with Crippen LogP contribution >= 0.6 is 11.3 Å². The summed E-state index contributed by atoms with van der Waals surface area (Å²) in [5, 5.41) is 2.36. The highest BCUT2D eigenvalue weighted by Gasteiger charge is 2.46. The van der Waals surface area contributed by atoms with Gasteiger partial charge in [-0.25, -0.2) is 9.97 Å². The average molecular weight is 687 g/mol. The fourth-order valence-electron chi connectivity index (χ4n) is 9.93. The van der Waals surface area contributed by atoms with Crippen LogP contribution in [-0.4, -0.2) is 9.97 Å². The minimum absolute atomic E-state index is 0.00179. The molecule has 0 aliphatic heterocycles. The van der Waals surface area contributed by atoms with Crippen LogP contribution in [0.2, 0.25) is 0 Å². The second-order valence-corrected chi connectivity index (χ2v) is 16.7. The highest BCUT2D eigenvalue weighted by atomic mass is 32.1. The van der Waals surface area contributed by atoms with Gasteiger partial charge in [0, 0.05) is 37.4 Å². The Kier molecular flexibility index (Phi) is 6.44. The van der Waals surface area contributed by atoms with Gasteiger partial charge in [0.1, 0.15) is 4.83 Å². The predicted octanol–water partition coefficient (Wildman–Crippen LogP) is 13.4. The molecule has 0 saturated heterocycles. The molecular formula is C49H38N2S. The Labute approximate surface area is 308 Å². The first-order chi connectivity index (χ1) is 25.5. The van der Waals surface area contributed by atoms with Crippen molar-refractivity contribution in [3.05, 3.63) is 156 Å². The van der Waals surface area contributed by atoms with Crippen molar-refractivity contribution < 1.29 is 0 Å². The van der Waals surface area contributed by atoms with E-state index in [-0.39, 0.29) is 10.8 Å². The Morgan fingerprint density at radius 3 is 2.00 bits per heavy atom. The fourth-order valence-corrected chi connectivity index (χ4v) is 11.0. The maximum atomic E-state index is 5.24. The molecule has 1 fully saturated rings. The monoisotopic (exact) mass is 686 g/mol. The predicted molar refractivity (Wildman–Crippen MR) is 218 cm³/mol. The molecule has 0 amide bonds. The maximum absolute atomic E-state index is 5.24. The standard InChI is InChI=1S/C49H38N2S/c1-48(2)39-17-9-7-15-34(39)37-29-42-38(28-40(37)48)35-24-23-33(27-41(35)49(42)25-11-4-12-26-49)30-19-21-32(22-20-30)46-50-45(31-13-5-3-6-14-31)44-36-16-8-10-18-43(36)52-47(44)51-46/h3,5-10,13-24,27-29H,4,11-12,25-26H2,1-2H3. The van der Waals surface area contributed by atoms with Gasteiger partial charge in [-0.2, -0.15) is 0 Å². The van der Waals surface area contributed by atoms with Gasteiger partial charge in [-0.3, -0.25) is 0 Å². The molecule has 2 heterocycles. The molecule has 52 heavy (non-hydrogen) atoms. The van der Waals surface area contributed by atoms with Crippen LogP contribution in [0.15, 0.2) is 133 Å². The molecule has 0 bridgehead atoms. The van der Waals surface area contributed by atoms with Crippen molar-refractivity contribution in [3.8, 4) is 56.0 Å². The second-order valence-electron chi connectivity index (χ2n) is 15.6. The summed E-state index contributed by atoms with van der Waals surface area (Å²) in [6, 6.07) is 49.6. The van der Waals surface area contributed by atoms with Gasteiger partial charge in [0.05, 0.1) is 5.69 Å². The van der Waals surface area contributed by atoms with Crippen molar-refractivity contribution in [3.63, 3.8) is 0 Å². The fraction of sp³-hybridized carbons (Fsp3) is 0.184. The van der Waals surface area contributed by atoms with Crippen LogP contribution in [-0.2, 0) is 10.8 Å². The first-order valence-electron chi connectivity index (χ1n) is 18.8. The van der Waals surface area contributed by atoms with Gasteiger partial charge in [-0.1, -0.05) is 142 Å². The molecule has 11 rings (SSSR count). The van der Waals surface area contributed by atoms with Crippen molar-refractivity contribution in [2.45, 2.75) is 56.8 Å². The van der Waals surface area contributed by atoms with E-state index in [1.807, 2.05) is 0 Å². The topological polar surface area (TPSA) is 25.8 Å². The van der Waals surface area contributed by atoms with Crippen LogP contribution in [0.4, 0.5) is 0 Å². The lowest BCUT2D eigenvalue weighted by molar-refractivity contribution is 0.353. The minimum atomic E-state index is -0.00179. The lowest BCUT2D eigenvalue weighted by atomic mass is 9.67. The van der Waals surface area contributed by atoms with E-state index in [1.54, 1.807) is 16.9 Å². The van der Waals surface area contributed by atoms with Gasteiger partial charge in [0.25, 0.3) is 0 Å². The molecule has 0 radical (unpaired) electrons. The van der Waals surface area contributed by atoms with Crippen molar-refractivity contribution in [2.24, 2.45) is 0 Å². The van der Waals surface area contributed by atoms with E-state index < -0.39 is 0 Å². The van der Waals surface area contributed by atoms with Crippen molar-refractivity contribution in [2.75, 3.05) is 0 Å². The number of nitrogens with zero attached hydrogens (tertiary/aromatic N) is 2. The zero-order valence-corrected chi connectivity index (χ0v) is 30.4. The highest BCUT2D eigenvalue weighted by molar-refractivity contribution is 7.25. The third kappa shape index (κ3) is 4.23. The van der Waals surface area contributed by atoms with Crippen molar-refractivity contribution in [1.82, 2.24) is 9.97 Å². The van der Waals surface area contributed by atoms with Crippen LogP contribution in [0.1, 0.15) is 68.2 Å². The van der Waals surface area contributed by atoms with E-state index in [4.69, 9.17) is 9.97 Å². The molecule has 6 aromatic carbocycles. The summed E-state index contributed by atoms with van der Waals surface area (Å²) in [6.07, 6.45) is 6.34. The molecule has 1 saturated carbocycles. The first-order valence-corrected chi connectivity index (χ1v) is 19.6. The summed E-state index contributed by atoms with van der Waals surface area (Å²) < 4.78 is 1.24. The number of rotatable bonds is 3. The van der Waals surface area contributed by atoms with E-state index in [9.17, 15) is 0 Å². The van der Waals surface area contributed by atoms with Crippen LogP contribution in [0.3, 0.4) is 0 Å². The van der Waals surface area contributed by atoms with Crippen LogP contribution < -0.4 is 0 Å². The minimum Gasteiger partial charge on any atom is -0.227 e. The number of fused-ring (bicyclic) bond motifs is 11. The van der Waals surface area contributed by atoms with E-state index in [0.29, 0.717) is 0 Å². The van der Waals surface area contributed by atoms with Gasteiger partial charge < -0.3 is 0 Å². The Morgan fingerprint density at radius 1 is 0.500 bits per heavy atom. The number of aromatic nitrogens is 2. The molecule has 250 valence electrons. The average Bonchev–Trinajstić information content (AvgIpc) is 3.78. The normalized spacial score (nSPS) is 16.2. The summed E-state index contributed by atoms with van der Waals surface area (Å²) >= 11 is 1.75. The summed E-state index contributed by atoms with van der Waals surface area (Å²) in [5.74, 6) is 0.771. The molecular weight excluding hydrogens is 649 g/mol. The van der Waals surface area contributed by atoms with Gasteiger partial charge in [-0.15, -0.1) is 11.3 Å². The number of hydrogen-bond donors (Lipinski definition) is 0. The van der Waals surface area contributed by atoms with Gasteiger partial charge in [0.15, 0.2) is 5.82 Å². The molecule has 2 nitrogen and oxygen atoms in total. The van der Waals surface area contributed by atoms with Crippen molar-refractivity contribution >= 4 is 31.6 Å². The smallest absolute Gasteiger partial charge is 0.161 e. The third-order valence-electron chi connectivity index (χ3n) is 12.5. The first kappa shape index (κ1) is 30.3. The lowest BCUT2D eigenvalue weighted by Crippen LogP contribution is -2.28. The summed E-state index contributed by atoms with van der Waals surface area (Å²) in [4.78, 5) is 11.4. The third-order valence-corrected chi connectivity index (χ3v) is 13.6. The molecule has 3 aliphatic carbocycles. The number of hydrogen-bond acceptors (Lipinski definition) is 3. The molecule has 3 heteroatoms. The Balaban J connectivity index is 1.01. The number of thiophene rings is 1. The molecule has 3 aliphatic rings. The highest BCUT2D eigenvalue weighted by Crippen LogP contribution is 2.60. The molecule has 2 aromatic heterocycles. The van der Waals surface area contributed by atoms with Gasteiger partial charge >= 0.3 is 0 Å². The van der Waals surface area contributed by atoms with Crippen LogP contribution in [0.25, 0.3) is 76.3 Å². The number of benzene rings is 6. The van der Waals surface area contributed by atoms with E-state index >= 15 is 0 Å². The Morgan fingerprint density at radius 2 is 1.15 bits per heavy atom. The van der Waals surface area contributed by atoms with E-state index in [0.717, 1.165) is 32.9 Å². The quantitative estimate of drug-likeness (QED) is 0.185. The van der Waals surface area contributed by atoms with Crippen molar-refractivity contribution in [1.29, 1.82) is 0 Å². The Bertz CT molecular complexity index is 2730. The van der Waals surface area contributed by atoms with Gasteiger partial charge in [0.2, 0.25) is 0 Å². The van der Waals surface area contributed by atoms with E-state index in [1.165, 1.54) is 92.3 Å². The molecule has 8 aromatic rings. The van der Waals surface area contributed by atoms with E-state index in [2.05, 4.69) is 147 Å². The summed E-state index contributed by atoms with van der Waals surface area (Å²) in [6.45, 7) is 4.80. The lowest BCUT2D eigenvalue weighted by Gasteiger charge is -2.36.